The second-order valence-electron chi connectivity index (χ2n) is 0.998. The zero-order chi connectivity index (χ0) is 5.70. The first-order chi connectivity index (χ1) is 3.27. The van der Waals surface area contributed by atoms with E-state index in [2.05, 4.69) is 0 Å². The zero-order valence-corrected chi connectivity index (χ0v) is 4.86. The molecular weight excluding hydrogens is 112 g/mol. The van der Waals surface area contributed by atoms with Crippen LogP contribution < -0.4 is 0 Å². The molecule has 0 saturated carbocycles. The van der Waals surface area contributed by atoms with E-state index in [9.17, 15) is 4.79 Å². The number of hydrogen-bond donors (Lipinski definition) is 1. The molecule has 0 saturated heterocycles. The molecule has 0 fully saturated rings. The molecule has 0 aromatic rings. The minimum absolute atomic E-state index is 0.593. The van der Waals surface area contributed by atoms with Crippen LogP contribution in [0.4, 0.5) is 0 Å². The molecule has 0 heterocycles. The van der Waals surface area contributed by atoms with Gasteiger partial charge >= 0.3 is 5.97 Å². The molecule has 1 N–H and O–H groups in total. The van der Waals surface area contributed by atoms with Crippen molar-refractivity contribution >= 4 is 17.7 Å². The van der Waals surface area contributed by atoms with Crippen LogP contribution in [-0.4, -0.2) is 23.1 Å². The van der Waals surface area contributed by atoms with E-state index < -0.39 is 5.97 Å². The Morgan fingerprint density at radius 2 is 2.57 bits per heavy atom. The molecule has 0 aromatic heterocycles. The van der Waals surface area contributed by atoms with Crippen LogP contribution in [0.15, 0.2) is 0 Å². The van der Waals surface area contributed by atoms with Gasteiger partial charge in [0, 0.05) is 5.75 Å². The van der Waals surface area contributed by atoms with Gasteiger partial charge in [-0.2, -0.15) is 11.8 Å². The smallest absolute Gasteiger partial charge is 0.308 e. The van der Waals surface area contributed by atoms with Crippen LogP contribution in [0.1, 0.15) is 0 Å². The van der Waals surface area contributed by atoms with Crippen LogP contribution in [0, 0.1) is 6.42 Å². The number of carbonyl (C=O) groups is 1. The summed E-state index contributed by atoms with van der Waals surface area (Å²) in [5.41, 5.74) is 0. The summed E-state index contributed by atoms with van der Waals surface area (Å²) in [5, 5.41) is 7.98. The summed E-state index contributed by atoms with van der Waals surface area (Å²) in [6.07, 6.45) is 3.09. The van der Waals surface area contributed by atoms with Crippen molar-refractivity contribution in [3.05, 3.63) is 6.42 Å². The van der Waals surface area contributed by atoms with Gasteiger partial charge in [0.25, 0.3) is 0 Å². The third kappa shape index (κ3) is 5.82. The van der Waals surface area contributed by atoms with Gasteiger partial charge in [-0.1, -0.05) is 0 Å². The Bertz CT molecular complexity index is 62.7. The van der Waals surface area contributed by atoms with Crippen molar-refractivity contribution in [2.45, 2.75) is 0 Å². The fraction of sp³-hybridized carbons (Fsp3) is 0.500. The van der Waals surface area contributed by atoms with Gasteiger partial charge < -0.3 is 5.11 Å². The molecule has 41 valence electrons. The summed E-state index contributed by atoms with van der Waals surface area (Å²) in [6.45, 7) is 0. The molecule has 0 atom stereocenters. The molecule has 7 heavy (non-hydrogen) atoms. The summed E-state index contributed by atoms with van der Waals surface area (Å²) in [5.74, 6) is -0.246. The second kappa shape index (κ2) is 3.99. The fourth-order valence-electron chi connectivity index (χ4n) is 0.155. The number of thioether (sulfide) groups is 1. The Morgan fingerprint density at radius 3 is 2.71 bits per heavy atom. The van der Waals surface area contributed by atoms with Crippen LogP contribution in [0.2, 0.25) is 0 Å². The van der Waals surface area contributed by atoms with Crippen molar-refractivity contribution in [2.75, 3.05) is 12.0 Å². The lowest BCUT2D eigenvalue weighted by atomic mass is 10.5. The van der Waals surface area contributed by atoms with Crippen molar-refractivity contribution in [1.82, 2.24) is 0 Å². The minimum atomic E-state index is -0.839. The lowest BCUT2D eigenvalue weighted by molar-refractivity contribution is -0.132. The van der Waals surface area contributed by atoms with Crippen molar-refractivity contribution in [2.24, 2.45) is 0 Å². The molecule has 0 amide bonds. The molecular formula is C4H7O2S. The minimum Gasteiger partial charge on any atom is -0.481 e. The topological polar surface area (TPSA) is 37.3 Å². The number of rotatable bonds is 3. The molecule has 0 unspecified atom stereocenters. The largest absolute Gasteiger partial charge is 0.481 e. The lowest BCUT2D eigenvalue weighted by Gasteiger charge is -1.85. The predicted molar refractivity (Wildman–Crippen MR) is 30.3 cm³/mol. The highest BCUT2D eigenvalue weighted by Crippen LogP contribution is 1.92. The first kappa shape index (κ1) is 6.82. The predicted octanol–water partition coefficient (Wildman–Crippen LogP) is 0.638. The summed E-state index contributed by atoms with van der Waals surface area (Å²) < 4.78 is 0. The van der Waals surface area contributed by atoms with Crippen molar-refractivity contribution in [3.8, 4) is 0 Å². The van der Waals surface area contributed by atoms with Gasteiger partial charge in [0.05, 0.1) is 6.42 Å². The second-order valence-corrected chi connectivity index (χ2v) is 1.91. The average molecular weight is 119 g/mol. The summed E-state index contributed by atoms with van der Waals surface area (Å²) >= 11 is 1.49. The maximum absolute atomic E-state index is 9.69. The quantitative estimate of drug-likeness (QED) is 0.592. The number of aliphatic carboxylic acids is 1. The van der Waals surface area contributed by atoms with E-state index in [4.69, 9.17) is 5.11 Å². The molecule has 0 rings (SSSR count). The standard InChI is InChI=1S/C4H7O2S/c1-7-3-2-4(5)6/h2H,3H2,1H3,(H,5,6). The molecule has 0 aliphatic rings. The monoisotopic (exact) mass is 119 g/mol. The van der Waals surface area contributed by atoms with E-state index in [1.807, 2.05) is 6.26 Å². The molecule has 2 nitrogen and oxygen atoms in total. The van der Waals surface area contributed by atoms with Crippen LogP contribution in [0.3, 0.4) is 0 Å². The maximum atomic E-state index is 9.69. The Labute approximate surface area is 46.9 Å². The molecule has 0 bridgehead atoms. The van der Waals surface area contributed by atoms with Gasteiger partial charge in [-0.05, 0) is 6.26 Å². The summed E-state index contributed by atoms with van der Waals surface area (Å²) in [4.78, 5) is 9.69. The van der Waals surface area contributed by atoms with E-state index in [-0.39, 0.29) is 0 Å². The summed E-state index contributed by atoms with van der Waals surface area (Å²) in [6, 6.07) is 0. The fourth-order valence-corrected chi connectivity index (χ4v) is 0.464. The van der Waals surface area contributed by atoms with E-state index in [0.717, 1.165) is 0 Å². The van der Waals surface area contributed by atoms with Crippen LogP contribution in [0.5, 0.6) is 0 Å². The molecule has 1 radical (unpaired) electrons. The van der Waals surface area contributed by atoms with E-state index in [1.54, 1.807) is 0 Å². The normalized spacial score (nSPS) is 8.71. The van der Waals surface area contributed by atoms with Gasteiger partial charge in [0.15, 0.2) is 0 Å². The molecule has 0 aromatic carbocycles. The van der Waals surface area contributed by atoms with Gasteiger partial charge in [0.1, 0.15) is 0 Å². The van der Waals surface area contributed by atoms with Gasteiger partial charge in [-0.3, -0.25) is 4.79 Å². The number of carboxylic acids is 1. The summed E-state index contributed by atoms with van der Waals surface area (Å²) in [7, 11) is 0. The Morgan fingerprint density at radius 1 is 2.00 bits per heavy atom. The van der Waals surface area contributed by atoms with Crippen LogP contribution in [-0.2, 0) is 4.79 Å². The highest BCUT2D eigenvalue weighted by Gasteiger charge is 1.92. The molecule has 3 heteroatoms. The van der Waals surface area contributed by atoms with Crippen molar-refractivity contribution < 1.29 is 9.90 Å². The number of hydrogen-bond acceptors (Lipinski definition) is 2. The van der Waals surface area contributed by atoms with Gasteiger partial charge in [-0.15, -0.1) is 0 Å². The molecule has 0 aliphatic carbocycles. The molecule has 0 spiro atoms. The highest BCUT2D eigenvalue weighted by atomic mass is 32.2. The molecule has 0 aliphatic heterocycles. The van der Waals surface area contributed by atoms with E-state index >= 15 is 0 Å². The average Bonchev–Trinajstić information content (AvgIpc) is 1.61. The first-order valence-corrected chi connectivity index (χ1v) is 3.22. The number of carboxylic acid groups (broad SMARTS) is 1. The van der Waals surface area contributed by atoms with Gasteiger partial charge in [-0.25, -0.2) is 0 Å². The first-order valence-electron chi connectivity index (χ1n) is 1.82. The third-order valence-electron chi connectivity index (χ3n) is 0.425. The van der Waals surface area contributed by atoms with Crippen molar-refractivity contribution in [1.29, 1.82) is 0 Å². The van der Waals surface area contributed by atoms with Crippen molar-refractivity contribution in [3.63, 3.8) is 0 Å². The van der Waals surface area contributed by atoms with Crippen LogP contribution >= 0.6 is 11.8 Å². The lowest BCUT2D eigenvalue weighted by Crippen LogP contribution is -1.96. The zero-order valence-electron chi connectivity index (χ0n) is 4.05. The highest BCUT2D eigenvalue weighted by molar-refractivity contribution is 7.98. The van der Waals surface area contributed by atoms with E-state index in [0.29, 0.717) is 5.75 Å². The maximum Gasteiger partial charge on any atom is 0.308 e. The van der Waals surface area contributed by atoms with Gasteiger partial charge in [0.2, 0.25) is 0 Å². The Kier molecular flexibility index (Phi) is 3.89. The third-order valence-corrected chi connectivity index (χ3v) is 0.925. The Balaban J connectivity index is 2.82. The SMILES string of the molecule is CSC[CH]C(=O)O. The van der Waals surface area contributed by atoms with E-state index in [1.165, 1.54) is 18.2 Å². The Hall–Kier alpha value is -0.180. The van der Waals surface area contributed by atoms with Crippen LogP contribution in [0.25, 0.3) is 0 Å².